The van der Waals surface area contributed by atoms with E-state index in [4.69, 9.17) is 23.2 Å². The Hall–Kier alpha value is -0.930. The van der Waals surface area contributed by atoms with Crippen LogP contribution in [0.4, 0.5) is 5.69 Å². The van der Waals surface area contributed by atoms with Crippen molar-refractivity contribution in [2.24, 2.45) is 17.8 Å². The molecule has 1 aromatic carbocycles. The molecule has 2 N–H and O–H groups in total. The van der Waals surface area contributed by atoms with E-state index < -0.39 is 38.0 Å². The van der Waals surface area contributed by atoms with Gasteiger partial charge in [-0.1, -0.05) is 48.9 Å². The highest BCUT2D eigenvalue weighted by atomic mass is 79.9. The highest BCUT2D eigenvalue weighted by Gasteiger charge is 2.32. The van der Waals surface area contributed by atoms with E-state index in [1.165, 1.54) is 6.07 Å². The summed E-state index contributed by atoms with van der Waals surface area (Å²) >= 11 is 17.1. The van der Waals surface area contributed by atoms with E-state index in [0.29, 0.717) is 64.4 Å². The molecule has 3 heterocycles. The molecule has 1 saturated carbocycles. The average Bonchev–Trinajstić information content (AvgIpc) is 3.36. The lowest BCUT2D eigenvalue weighted by atomic mass is 9.86. The number of anilines is 1. The molecule has 2 atom stereocenters. The standard InChI is InChI=1S/C30H40BrCl2N3O6S3/c31-25-19-28(43-29(25)33)45(41,42)36-15-11-21(12-16-36)4-1-3-20-9-13-35(14-10-20)27-8-7-24(18-26(27)32)44(39,40)34-23-6-2-5-22(17-23)30(37)38/h7-8,18-23,34H,1-6,9-17H2,(H,37,38). The molecule has 0 spiro atoms. The first-order chi connectivity index (χ1) is 21.3. The minimum absolute atomic E-state index is 0.0935. The number of halogens is 3. The Bertz CT molecular complexity index is 1550. The number of nitrogens with one attached hydrogen (secondary N) is 1. The predicted molar refractivity (Wildman–Crippen MR) is 182 cm³/mol. The Morgan fingerprint density at radius 3 is 2.18 bits per heavy atom. The molecule has 0 bridgehead atoms. The second kappa shape index (κ2) is 15.1. The summed E-state index contributed by atoms with van der Waals surface area (Å²) in [5, 5.41) is 9.72. The van der Waals surface area contributed by atoms with Crippen molar-refractivity contribution in [3.8, 4) is 0 Å². The smallest absolute Gasteiger partial charge is 0.306 e. The number of hydrogen-bond acceptors (Lipinski definition) is 7. The van der Waals surface area contributed by atoms with Crippen molar-refractivity contribution < 1.29 is 26.7 Å². The highest BCUT2D eigenvalue weighted by Crippen LogP contribution is 2.38. The zero-order chi connectivity index (χ0) is 32.4. The normalized spacial score (nSPS) is 23.0. The third-order valence-electron chi connectivity index (χ3n) is 9.54. The van der Waals surface area contributed by atoms with Crippen molar-refractivity contribution in [1.29, 1.82) is 0 Å². The topological polar surface area (TPSA) is 124 Å². The molecule has 1 aromatic heterocycles. The Morgan fingerprint density at radius 2 is 1.60 bits per heavy atom. The van der Waals surface area contributed by atoms with E-state index in [9.17, 15) is 26.7 Å². The molecule has 2 saturated heterocycles. The Labute approximate surface area is 288 Å². The molecular weight excluding hydrogens is 745 g/mol. The number of nitrogens with zero attached hydrogens (tertiary/aromatic N) is 2. The van der Waals surface area contributed by atoms with Crippen molar-refractivity contribution in [1.82, 2.24) is 9.03 Å². The molecule has 3 fully saturated rings. The van der Waals surface area contributed by atoms with Crippen LogP contribution in [-0.4, -0.2) is 64.4 Å². The van der Waals surface area contributed by atoms with Crippen molar-refractivity contribution in [2.45, 2.75) is 85.8 Å². The number of benzene rings is 1. The van der Waals surface area contributed by atoms with Gasteiger partial charge in [0.1, 0.15) is 8.55 Å². The third-order valence-corrected chi connectivity index (χ3v) is 16.2. The summed E-state index contributed by atoms with van der Waals surface area (Å²) in [7, 11) is -7.32. The summed E-state index contributed by atoms with van der Waals surface area (Å²) in [5.41, 5.74) is 0.830. The minimum Gasteiger partial charge on any atom is -0.481 e. The monoisotopic (exact) mass is 783 g/mol. The van der Waals surface area contributed by atoms with Crippen LogP contribution in [0.5, 0.6) is 0 Å². The predicted octanol–water partition coefficient (Wildman–Crippen LogP) is 7.23. The summed E-state index contributed by atoms with van der Waals surface area (Å²) in [6, 6.07) is 6.04. The summed E-state index contributed by atoms with van der Waals surface area (Å²) in [6.45, 7) is 2.79. The third kappa shape index (κ3) is 8.76. The molecule has 2 aromatic rings. The number of piperidine rings is 2. The Balaban J connectivity index is 1.04. The summed E-state index contributed by atoms with van der Waals surface area (Å²) in [6.07, 6.45) is 9.39. The number of carboxylic acid groups (broad SMARTS) is 1. The van der Waals surface area contributed by atoms with Gasteiger partial charge in [-0.05, 0) is 97.0 Å². The van der Waals surface area contributed by atoms with Gasteiger partial charge in [0.05, 0.1) is 21.5 Å². The van der Waals surface area contributed by atoms with E-state index in [0.717, 1.165) is 75.1 Å². The summed E-state index contributed by atoms with van der Waals surface area (Å²) < 4.78 is 57.7. The molecule has 45 heavy (non-hydrogen) atoms. The van der Waals surface area contributed by atoms with Crippen LogP contribution in [0.25, 0.3) is 0 Å². The van der Waals surface area contributed by atoms with Gasteiger partial charge in [-0.15, -0.1) is 11.3 Å². The van der Waals surface area contributed by atoms with E-state index in [-0.39, 0.29) is 9.10 Å². The first-order valence-electron chi connectivity index (χ1n) is 15.6. The lowest BCUT2D eigenvalue weighted by Crippen LogP contribution is -2.40. The molecule has 15 heteroatoms. The zero-order valence-corrected chi connectivity index (χ0v) is 30.5. The first kappa shape index (κ1) is 35.4. The van der Waals surface area contributed by atoms with Gasteiger partial charge in [-0.2, -0.15) is 4.31 Å². The average molecular weight is 786 g/mol. The van der Waals surface area contributed by atoms with Crippen LogP contribution >= 0.6 is 50.5 Å². The van der Waals surface area contributed by atoms with E-state index in [2.05, 4.69) is 25.6 Å². The van der Waals surface area contributed by atoms with Crippen LogP contribution < -0.4 is 9.62 Å². The fourth-order valence-electron chi connectivity index (χ4n) is 6.90. The number of carbonyl (C=O) groups is 1. The van der Waals surface area contributed by atoms with Gasteiger partial charge < -0.3 is 10.0 Å². The van der Waals surface area contributed by atoms with Crippen molar-refractivity contribution in [3.63, 3.8) is 0 Å². The van der Waals surface area contributed by atoms with Gasteiger partial charge >= 0.3 is 5.97 Å². The summed E-state index contributed by atoms with van der Waals surface area (Å²) in [4.78, 5) is 13.7. The largest absolute Gasteiger partial charge is 0.481 e. The van der Waals surface area contributed by atoms with Crippen LogP contribution in [0.1, 0.15) is 70.6 Å². The maximum absolute atomic E-state index is 13.0. The van der Waals surface area contributed by atoms with Crippen molar-refractivity contribution in [2.75, 3.05) is 31.1 Å². The van der Waals surface area contributed by atoms with Crippen molar-refractivity contribution in [3.05, 3.63) is 38.1 Å². The van der Waals surface area contributed by atoms with E-state index >= 15 is 0 Å². The fraction of sp³-hybridized carbons (Fsp3) is 0.633. The zero-order valence-electron chi connectivity index (χ0n) is 25.0. The molecule has 1 aliphatic carbocycles. The molecule has 2 aliphatic heterocycles. The van der Waals surface area contributed by atoms with Gasteiger partial charge in [0, 0.05) is 36.7 Å². The number of rotatable bonds is 11. The van der Waals surface area contributed by atoms with Crippen LogP contribution in [-0.2, 0) is 24.8 Å². The lowest BCUT2D eigenvalue weighted by molar-refractivity contribution is -0.143. The quantitative estimate of drug-likeness (QED) is 0.247. The lowest BCUT2D eigenvalue weighted by Gasteiger charge is -2.35. The number of carboxylic acids is 1. The Kier molecular flexibility index (Phi) is 11.9. The molecule has 0 amide bonds. The van der Waals surface area contributed by atoms with Gasteiger partial charge in [0.25, 0.3) is 10.0 Å². The number of thiophene rings is 1. The minimum atomic E-state index is -3.82. The number of sulfonamides is 2. The number of aliphatic carboxylic acids is 1. The highest BCUT2D eigenvalue weighted by molar-refractivity contribution is 9.10. The molecule has 0 radical (unpaired) electrons. The van der Waals surface area contributed by atoms with Gasteiger partial charge in [0.2, 0.25) is 10.0 Å². The van der Waals surface area contributed by atoms with Crippen LogP contribution in [0, 0.1) is 17.8 Å². The fourth-order valence-corrected chi connectivity index (χ4v) is 12.5. The number of hydrogen-bond donors (Lipinski definition) is 2. The molecule has 5 rings (SSSR count). The Morgan fingerprint density at radius 1 is 0.956 bits per heavy atom. The maximum Gasteiger partial charge on any atom is 0.306 e. The van der Waals surface area contributed by atoms with E-state index in [1.807, 2.05) is 0 Å². The van der Waals surface area contributed by atoms with Crippen LogP contribution in [0.2, 0.25) is 9.36 Å². The molecule has 9 nitrogen and oxygen atoms in total. The second-order valence-corrected chi connectivity index (χ2v) is 19.3. The first-order valence-corrected chi connectivity index (χ1v) is 20.9. The van der Waals surface area contributed by atoms with Crippen molar-refractivity contribution >= 4 is 82.2 Å². The molecular formula is C30H40BrCl2N3O6S3. The SMILES string of the molecule is O=C(O)C1CCCC(NS(=O)(=O)c2ccc(N3CCC(CCCC4CCN(S(=O)(=O)c5cc(Br)c(Cl)s5)CC4)CC3)c(Cl)c2)C1. The van der Waals surface area contributed by atoms with Crippen LogP contribution in [0.3, 0.4) is 0 Å². The van der Waals surface area contributed by atoms with Gasteiger partial charge in [-0.3, -0.25) is 4.79 Å². The van der Waals surface area contributed by atoms with Gasteiger partial charge in [-0.25, -0.2) is 21.6 Å². The molecule has 3 aliphatic rings. The molecule has 250 valence electrons. The van der Waals surface area contributed by atoms with Crippen LogP contribution in [0.15, 0.2) is 37.8 Å². The van der Waals surface area contributed by atoms with Gasteiger partial charge in [0.15, 0.2) is 0 Å². The maximum atomic E-state index is 13.0. The second-order valence-electron chi connectivity index (χ2n) is 12.5. The molecule has 2 unspecified atom stereocenters. The summed E-state index contributed by atoms with van der Waals surface area (Å²) in [5.74, 6) is -0.242. The van der Waals surface area contributed by atoms with E-state index in [1.54, 1.807) is 22.5 Å².